The van der Waals surface area contributed by atoms with Crippen LogP contribution in [0, 0.1) is 0 Å². The molecule has 3 saturated heterocycles. The van der Waals surface area contributed by atoms with Crippen LogP contribution in [0.3, 0.4) is 0 Å². The predicted molar refractivity (Wildman–Crippen MR) is 124 cm³/mol. The molecule has 0 radical (unpaired) electrons. The van der Waals surface area contributed by atoms with Gasteiger partial charge in [0.25, 0.3) is 0 Å². The molecule has 9 nitrogen and oxygen atoms in total. The lowest BCUT2D eigenvalue weighted by Gasteiger charge is -2.38. The molecular formula is C23H31N7O2. The zero-order chi connectivity index (χ0) is 21.8. The van der Waals surface area contributed by atoms with Crippen LogP contribution in [0.5, 0.6) is 0 Å². The number of anilines is 3. The van der Waals surface area contributed by atoms with Gasteiger partial charge in [0.2, 0.25) is 12.4 Å². The normalized spacial score (nSPS) is 22.2. The molecule has 32 heavy (non-hydrogen) atoms. The fourth-order valence-corrected chi connectivity index (χ4v) is 4.61. The summed E-state index contributed by atoms with van der Waals surface area (Å²) in [5.74, 6) is 1.72. The fourth-order valence-electron chi connectivity index (χ4n) is 4.61. The fraction of sp³-hybridized carbons (Fsp3) is 0.522. The second kappa shape index (κ2) is 9.70. The van der Waals surface area contributed by atoms with Crippen LogP contribution in [0.4, 0.5) is 17.5 Å². The van der Waals surface area contributed by atoms with Crippen molar-refractivity contribution in [3.05, 3.63) is 42.1 Å². The van der Waals surface area contributed by atoms with Crippen molar-refractivity contribution in [2.75, 3.05) is 86.8 Å². The minimum Gasteiger partial charge on any atom is -0.371 e. The van der Waals surface area contributed by atoms with Gasteiger partial charge in [-0.15, -0.1) is 0 Å². The quantitative estimate of drug-likeness (QED) is 0.687. The molecule has 3 aliphatic heterocycles. The molecule has 4 heterocycles. The molecule has 2 aromatic rings. The highest BCUT2D eigenvalue weighted by Crippen LogP contribution is 2.30. The molecule has 0 aliphatic carbocycles. The van der Waals surface area contributed by atoms with Crippen molar-refractivity contribution in [1.29, 1.82) is 0 Å². The van der Waals surface area contributed by atoms with Crippen LogP contribution in [-0.4, -0.2) is 93.3 Å². The van der Waals surface area contributed by atoms with Gasteiger partial charge in [-0.2, -0.15) is 4.98 Å². The van der Waals surface area contributed by atoms with Crippen molar-refractivity contribution in [2.24, 2.45) is 0 Å². The number of benzene rings is 1. The lowest BCUT2D eigenvalue weighted by molar-refractivity contribution is -0.118. The van der Waals surface area contributed by atoms with Gasteiger partial charge in [-0.05, 0) is 12.1 Å². The number of carbonyl (C=O) groups excluding carboxylic acids is 1. The zero-order valence-electron chi connectivity index (χ0n) is 18.4. The molecule has 0 bridgehead atoms. The van der Waals surface area contributed by atoms with Crippen LogP contribution in [-0.2, 0) is 9.53 Å². The molecule has 1 unspecified atom stereocenters. The molecule has 0 saturated carbocycles. The number of rotatable bonds is 5. The third-order valence-electron chi connectivity index (χ3n) is 6.50. The molecule has 1 aromatic heterocycles. The van der Waals surface area contributed by atoms with Gasteiger partial charge < -0.3 is 29.7 Å². The van der Waals surface area contributed by atoms with E-state index in [1.54, 1.807) is 0 Å². The van der Waals surface area contributed by atoms with E-state index < -0.39 is 0 Å². The summed E-state index contributed by atoms with van der Waals surface area (Å²) >= 11 is 0. The van der Waals surface area contributed by atoms with Gasteiger partial charge >= 0.3 is 0 Å². The Labute approximate surface area is 189 Å². The summed E-state index contributed by atoms with van der Waals surface area (Å²) in [5.41, 5.74) is 2.29. The molecule has 1 atom stereocenters. The molecule has 170 valence electrons. The van der Waals surface area contributed by atoms with E-state index in [4.69, 9.17) is 14.7 Å². The first-order valence-electron chi connectivity index (χ1n) is 11.5. The highest BCUT2D eigenvalue weighted by atomic mass is 16.5. The van der Waals surface area contributed by atoms with Gasteiger partial charge in [-0.25, -0.2) is 4.98 Å². The van der Waals surface area contributed by atoms with Crippen molar-refractivity contribution in [2.45, 2.75) is 6.10 Å². The number of para-hydroxylation sites is 1. The van der Waals surface area contributed by atoms with Gasteiger partial charge in [0.05, 0.1) is 6.61 Å². The van der Waals surface area contributed by atoms with Gasteiger partial charge in [0.15, 0.2) is 0 Å². The molecular weight excluding hydrogens is 406 g/mol. The molecule has 0 spiro atoms. The average Bonchev–Trinajstić information content (AvgIpc) is 2.89. The molecule has 1 N–H and O–H groups in total. The van der Waals surface area contributed by atoms with E-state index in [1.165, 1.54) is 5.69 Å². The van der Waals surface area contributed by atoms with Crippen LogP contribution < -0.4 is 20.0 Å². The van der Waals surface area contributed by atoms with Gasteiger partial charge in [0.1, 0.15) is 11.9 Å². The van der Waals surface area contributed by atoms with E-state index in [-0.39, 0.29) is 6.10 Å². The van der Waals surface area contributed by atoms with Crippen molar-refractivity contribution in [3.63, 3.8) is 0 Å². The first-order chi connectivity index (χ1) is 15.8. The molecule has 1 amide bonds. The number of aromatic nitrogens is 2. The molecule has 5 rings (SSSR count). The highest BCUT2D eigenvalue weighted by Gasteiger charge is 2.28. The smallest absolute Gasteiger partial charge is 0.227 e. The van der Waals surface area contributed by atoms with Gasteiger partial charge in [-0.1, -0.05) is 18.2 Å². The largest absolute Gasteiger partial charge is 0.371 e. The first-order valence-corrected chi connectivity index (χ1v) is 11.5. The summed E-state index contributed by atoms with van der Waals surface area (Å²) < 4.78 is 6.03. The Morgan fingerprint density at radius 3 is 2.34 bits per heavy atom. The summed E-state index contributed by atoms with van der Waals surface area (Å²) in [6.45, 7) is 8.93. The summed E-state index contributed by atoms with van der Waals surface area (Å²) in [5, 5.41) is 3.41. The maximum atomic E-state index is 11.1. The van der Waals surface area contributed by atoms with E-state index in [9.17, 15) is 4.79 Å². The molecule has 3 aliphatic rings. The number of hydrogen-bond donors (Lipinski definition) is 1. The third-order valence-corrected chi connectivity index (χ3v) is 6.50. The van der Waals surface area contributed by atoms with Crippen molar-refractivity contribution in [1.82, 2.24) is 20.2 Å². The SMILES string of the molecule is O=CN1CCN(c2nc(N3CCN(c4ccccc4)CC3)ncc2C2CNCCO2)CC1. The van der Waals surface area contributed by atoms with Crippen LogP contribution in [0.1, 0.15) is 11.7 Å². The minimum atomic E-state index is -0.0492. The number of morpholine rings is 1. The maximum absolute atomic E-state index is 11.1. The Bertz CT molecular complexity index is 890. The monoisotopic (exact) mass is 437 g/mol. The number of carbonyl (C=O) groups is 1. The van der Waals surface area contributed by atoms with E-state index in [0.717, 1.165) is 76.1 Å². The third kappa shape index (κ3) is 4.49. The van der Waals surface area contributed by atoms with E-state index in [0.29, 0.717) is 19.7 Å². The Balaban J connectivity index is 1.35. The van der Waals surface area contributed by atoms with E-state index in [1.807, 2.05) is 11.1 Å². The number of nitrogens with one attached hydrogen (secondary N) is 1. The summed E-state index contributed by atoms with van der Waals surface area (Å²) in [6, 6.07) is 10.5. The zero-order valence-corrected chi connectivity index (χ0v) is 18.4. The van der Waals surface area contributed by atoms with E-state index >= 15 is 0 Å². The van der Waals surface area contributed by atoms with Crippen LogP contribution in [0.25, 0.3) is 0 Å². The Morgan fingerprint density at radius 1 is 0.938 bits per heavy atom. The lowest BCUT2D eigenvalue weighted by atomic mass is 10.1. The number of ether oxygens (including phenoxy) is 1. The number of nitrogens with zero attached hydrogens (tertiary/aromatic N) is 6. The van der Waals surface area contributed by atoms with Crippen LogP contribution in [0.15, 0.2) is 36.5 Å². The lowest BCUT2D eigenvalue weighted by Crippen LogP contribution is -2.48. The minimum absolute atomic E-state index is 0.0492. The maximum Gasteiger partial charge on any atom is 0.227 e. The second-order valence-electron chi connectivity index (χ2n) is 8.45. The molecule has 1 aromatic carbocycles. The summed E-state index contributed by atoms with van der Waals surface area (Å²) in [6.07, 6.45) is 2.83. The van der Waals surface area contributed by atoms with Crippen LogP contribution >= 0.6 is 0 Å². The Kier molecular flexibility index (Phi) is 6.36. The summed E-state index contributed by atoms with van der Waals surface area (Å²) in [7, 11) is 0. The van der Waals surface area contributed by atoms with Crippen molar-refractivity contribution < 1.29 is 9.53 Å². The van der Waals surface area contributed by atoms with Crippen molar-refractivity contribution in [3.8, 4) is 0 Å². The second-order valence-corrected chi connectivity index (χ2v) is 8.45. The first kappa shape index (κ1) is 21.0. The van der Waals surface area contributed by atoms with Gasteiger partial charge in [0, 0.05) is 82.9 Å². The number of hydrogen-bond acceptors (Lipinski definition) is 8. The number of piperazine rings is 2. The highest BCUT2D eigenvalue weighted by molar-refractivity contribution is 5.55. The molecule has 3 fully saturated rings. The molecule has 9 heteroatoms. The summed E-state index contributed by atoms with van der Waals surface area (Å²) in [4.78, 5) is 29.7. The Hall–Kier alpha value is -2.91. The van der Waals surface area contributed by atoms with Gasteiger partial charge in [-0.3, -0.25) is 4.79 Å². The average molecular weight is 438 g/mol. The number of amides is 1. The topological polar surface area (TPSA) is 77.1 Å². The van der Waals surface area contributed by atoms with Crippen LogP contribution in [0.2, 0.25) is 0 Å². The standard InChI is InChI=1S/C23H31N7O2/c31-18-27-7-9-29(10-8-27)22-20(21-17-24-6-15-32-21)16-25-23(26-22)30-13-11-28(12-14-30)19-4-2-1-3-5-19/h1-5,16,18,21,24H,6-15,17H2. The van der Waals surface area contributed by atoms with Crippen molar-refractivity contribution >= 4 is 23.9 Å². The predicted octanol–water partition coefficient (Wildman–Crippen LogP) is 0.743. The van der Waals surface area contributed by atoms with E-state index in [2.05, 4.69) is 50.3 Å². The Morgan fingerprint density at radius 2 is 1.66 bits per heavy atom.